The molecule has 1 aromatic rings. The van der Waals surface area contributed by atoms with Crippen LogP contribution < -0.4 is 4.89 Å². The van der Waals surface area contributed by atoms with Gasteiger partial charge in [-0.3, -0.25) is 0 Å². The third-order valence-electron chi connectivity index (χ3n) is 2.38. The molecular formula is C11H15NO9S2. The second-order valence-corrected chi connectivity index (χ2v) is 7.90. The van der Waals surface area contributed by atoms with Crippen molar-refractivity contribution in [2.24, 2.45) is 0 Å². The molecule has 0 bridgehead atoms. The van der Waals surface area contributed by atoms with Gasteiger partial charge in [0.25, 0.3) is 10.0 Å². The lowest BCUT2D eigenvalue weighted by Gasteiger charge is -2.11. The van der Waals surface area contributed by atoms with Crippen molar-refractivity contribution >= 4 is 26.0 Å². The number of sulfonamides is 1. The summed E-state index contributed by atoms with van der Waals surface area (Å²) in [5.41, 5.74) is 0. The van der Waals surface area contributed by atoms with E-state index in [-0.39, 0.29) is 0 Å². The SMILES string of the molecule is CS(=O)(=O)c1ccccc1S(=O)(=O)NOC(=O)OCC(O)CO. The molecule has 12 heteroatoms. The Bertz CT molecular complexity index is 757. The van der Waals surface area contributed by atoms with Gasteiger partial charge in [0, 0.05) is 6.26 Å². The lowest BCUT2D eigenvalue weighted by Crippen LogP contribution is -2.30. The first-order valence-corrected chi connectivity index (χ1v) is 9.39. The van der Waals surface area contributed by atoms with Gasteiger partial charge >= 0.3 is 6.16 Å². The Labute approximate surface area is 132 Å². The molecule has 0 spiro atoms. The van der Waals surface area contributed by atoms with Crippen LogP contribution >= 0.6 is 0 Å². The molecule has 0 heterocycles. The van der Waals surface area contributed by atoms with Gasteiger partial charge in [0.2, 0.25) is 0 Å². The molecule has 0 aromatic heterocycles. The standard InChI is InChI=1S/C11H15NO9S2/c1-22(16,17)9-4-2-3-5-10(9)23(18,19)12-21-11(15)20-7-8(14)6-13/h2-5,8,12-14H,6-7H2,1H3. The zero-order valence-electron chi connectivity index (χ0n) is 11.9. The van der Waals surface area contributed by atoms with Gasteiger partial charge in [0.1, 0.15) is 17.6 Å². The Morgan fingerprint density at radius 1 is 1.22 bits per heavy atom. The fourth-order valence-corrected chi connectivity index (χ4v) is 3.76. The molecule has 0 saturated carbocycles. The number of sulfone groups is 1. The van der Waals surface area contributed by atoms with Crippen LogP contribution in [-0.4, -0.2) is 58.8 Å². The lowest BCUT2D eigenvalue weighted by molar-refractivity contribution is -0.00676. The predicted octanol–water partition coefficient (Wildman–Crippen LogP) is -1.21. The van der Waals surface area contributed by atoms with E-state index >= 15 is 0 Å². The van der Waals surface area contributed by atoms with Gasteiger partial charge in [-0.1, -0.05) is 12.1 Å². The topological polar surface area (TPSA) is 156 Å². The minimum Gasteiger partial charge on any atom is -0.430 e. The number of carbonyl (C=O) groups is 1. The number of rotatable bonds is 7. The van der Waals surface area contributed by atoms with E-state index in [4.69, 9.17) is 10.2 Å². The van der Waals surface area contributed by atoms with Crippen molar-refractivity contribution < 1.29 is 41.4 Å². The van der Waals surface area contributed by atoms with E-state index in [1.54, 1.807) is 0 Å². The molecule has 0 aliphatic carbocycles. The van der Waals surface area contributed by atoms with Crippen molar-refractivity contribution in [1.82, 2.24) is 4.89 Å². The number of hydrogen-bond acceptors (Lipinski definition) is 9. The van der Waals surface area contributed by atoms with E-state index in [9.17, 15) is 21.6 Å². The van der Waals surface area contributed by atoms with Crippen LogP contribution in [0, 0.1) is 0 Å². The van der Waals surface area contributed by atoms with E-state index in [2.05, 4.69) is 9.57 Å². The fraction of sp³-hybridized carbons (Fsp3) is 0.364. The maximum atomic E-state index is 12.0. The molecule has 0 aliphatic heterocycles. The first kappa shape index (κ1) is 19.3. The molecule has 10 nitrogen and oxygen atoms in total. The summed E-state index contributed by atoms with van der Waals surface area (Å²) in [6.07, 6.45) is -2.00. The Kier molecular flexibility index (Phi) is 6.47. The van der Waals surface area contributed by atoms with Crippen LogP contribution in [0.5, 0.6) is 0 Å². The first-order chi connectivity index (χ1) is 10.6. The summed E-state index contributed by atoms with van der Waals surface area (Å²) in [5.74, 6) is 0. The fourth-order valence-electron chi connectivity index (χ4n) is 1.36. The number of ether oxygens (including phenoxy) is 1. The van der Waals surface area contributed by atoms with Crippen LogP contribution in [0.15, 0.2) is 34.1 Å². The smallest absolute Gasteiger partial charge is 0.430 e. The van der Waals surface area contributed by atoms with Crippen molar-refractivity contribution in [3.8, 4) is 0 Å². The van der Waals surface area contributed by atoms with Crippen molar-refractivity contribution in [3.63, 3.8) is 0 Å². The number of benzene rings is 1. The van der Waals surface area contributed by atoms with Crippen LogP contribution in [0.1, 0.15) is 0 Å². The average Bonchev–Trinajstić information content (AvgIpc) is 2.49. The zero-order valence-corrected chi connectivity index (χ0v) is 13.5. The van der Waals surface area contributed by atoms with Crippen LogP contribution in [0.25, 0.3) is 0 Å². The summed E-state index contributed by atoms with van der Waals surface area (Å²) in [6.45, 7) is -1.28. The number of aliphatic hydroxyl groups excluding tert-OH is 2. The summed E-state index contributed by atoms with van der Waals surface area (Å²) in [7, 11) is -8.31. The highest BCUT2D eigenvalue weighted by molar-refractivity contribution is 7.93. The second kappa shape index (κ2) is 7.70. The van der Waals surface area contributed by atoms with Crippen molar-refractivity contribution in [2.75, 3.05) is 19.5 Å². The van der Waals surface area contributed by atoms with Crippen LogP contribution in [0.2, 0.25) is 0 Å². The Hall–Kier alpha value is -1.73. The van der Waals surface area contributed by atoms with E-state index < -0.39 is 55.1 Å². The quantitative estimate of drug-likeness (QED) is 0.396. The highest BCUT2D eigenvalue weighted by atomic mass is 32.2. The van der Waals surface area contributed by atoms with Crippen molar-refractivity contribution in [1.29, 1.82) is 0 Å². The van der Waals surface area contributed by atoms with Crippen LogP contribution in [0.3, 0.4) is 0 Å². The Balaban J connectivity index is 2.84. The lowest BCUT2D eigenvalue weighted by atomic mass is 10.4. The van der Waals surface area contributed by atoms with Gasteiger partial charge in [0.15, 0.2) is 9.84 Å². The van der Waals surface area contributed by atoms with E-state index in [0.717, 1.165) is 18.4 Å². The molecule has 130 valence electrons. The number of hydrogen-bond donors (Lipinski definition) is 3. The molecule has 1 aromatic carbocycles. The molecular weight excluding hydrogens is 354 g/mol. The largest absolute Gasteiger partial charge is 0.528 e. The maximum Gasteiger partial charge on any atom is 0.528 e. The third kappa shape index (κ3) is 5.76. The van der Waals surface area contributed by atoms with Gasteiger partial charge in [-0.05, 0) is 17.0 Å². The monoisotopic (exact) mass is 369 g/mol. The number of aliphatic hydroxyl groups is 2. The number of nitrogens with one attached hydrogen (secondary N) is 1. The molecule has 1 rings (SSSR count). The minimum absolute atomic E-state index is 0.472. The van der Waals surface area contributed by atoms with E-state index in [1.165, 1.54) is 17.0 Å². The summed E-state index contributed by atoms with van der Waals surface area (Å²) in [5, 5.41) is 17.5. The molecule has 0 fully saturated rings. The predicted molar refractivity (Wildman–Crippen MR) is 75.4 cm³/mol. The highest BCUT2D eigenvalue weighted by Crippen LogP contribution is 2.20. The number of carbonyl (C=O) groups excluding carboxylic acids is 1. The van der Waals surface area contributed by atoms with Crippen molar-refractivity contribution in [2.45, 2.75) is 15.9 Å². The summed E-state index contributed by atoms with van der Waals surface area (Å²) in [4.78, 5) is 15.6. The van der Waals surface area contributed by atoms with E-state index in [1.807, 2.05) is 0 Å². The van der Waals surface area contributed by atoms with Crippen LogP contribution in [0.4, 0.5) is 4.79 Å². The van der Waals surface area contributed by atoms with Crippen LogP contribution in [-0.2, 0) is 29.4 Å². The average molecular weight is 369 g/mol. The van der Waals surface area contributed by atoms with Gasteiger partial charge < -0.3 is 19.8 Å². The summed E-state index contributed by atoms with van der Waals surface area (Å²) < 4.78 is 51.5. The molecule has 0 amide bonds. The second-order valence-electron chi connectivity index (χ2n) is 4.31. The molecule has 1 atom stereocenters. The molecule has 1 unspecified atom stereocenters. The summed E-state index contributed by atoms with van der Waals surface area (Å²) in [6, 6.07) is 4.72. The molecule has 23 heavy (non-hydrogen) atoms. The van der Waals surface area contributed by atoms with Gasteiger partial charge in [-0.15, -0.1) is 0 Å². The highest BCUT2D eigenvalue weighted by Gasteiger charge is 2.25. The Morgan fingerprint density at radius 3 is 2.30 bits per heavy atom. The molecule has 3 N–H and O–H groups in total. The third-order valence-corrected chi connectivity index (χ3v) is 4.90. The first-order valence-electron chi connectivity index (χ1n) is 6.01. The molecule has 0 aliphatic rings. The van der Waals surface area contributed by atoms with E-state index in [0.29, 0.717) is 0 Å². The van der Waals surface area contributed by atoms with Gasteiger partial charge in [-0.25, -0.2) is 21.6 Å². The normalized spacial score (nSPS) is 13.3. The Morgan fingerprint density at radius 2 is 1.78 bits per heavy atom. The van der Waals surface area contributed by atoms with Gasteiger partial charge in [0.05, 0.1) is 11.5 Å². The molecule has 0 saturated heterocycles. The maximum absolute atomic E-state index is 12.0. The zero-order chi connectivity index (χ0) is 17.7. The van der Waals surface area contributed by atoms with Crippen molar-refractivity contribution in [3.05, 3.63) is 24.3 Å². The molecule has 0 radical (unpaired) electrons. The van der Waals surface area contributed by atoms with Gasteiger partial charge in [-0.2, -0.15) is 0 Å². The summed E-state index contributed by atoms with van der Waals surface area (Å²) >= 11 is 0. The minimum atomic E-state index is -4.48.